The van der Waals surface area contributed by atoms with Gasteiger partial charge in [-0.2, -0.15) is 0 Å². The van der Waals surface area contributed by atoms with Gasteiger partial charge < -0.3 is 5.32 Å². The third-order valence-corrected chi connectivity index (χ3v) is 7.20. The maximum Gasteiger partial charge on any atom is 0.255 e. The average molecular weight is 497 g/mol. The molecule has 0 unspecified atom stereocenters. The van der Waals surface area contributed by atoms with Gasteiger partial charge in [0.25, 0.3) is 5.91 Å². The van der Waals surface area contributed by atoms with Crippen molar-refractivity contribution in [3.05, 3.63) is 87.9 Å². The number of benzene rings is 3. The van der Waals surface area contributed by atoms with E-state index in [2.05, 4.69) is 26.2 Å². The molecule has 7 heteroatoms. The van der Waals surface area contributed by atoms with Crippen LogP contribution in [0.25, 0.3) is 10.2 Å². The Hall–Kier alpha value is -2.48. The number of nitrogens with zero attached hydrogens (tertiary/aromatic N) is 1. The maximum atomic E-state index is 12.5. The zero-order valence-electron chi connectivity index (χ0n) is 16.0. The number of halogens is 1. The Bertz CT molecular complexity index is 1240. The van der Waals surface area contributed by atoms with E-state index in [4.69, 9.17) is 0 Å². The van der Waals surface area contributed by atoms with Crippen molar-refractivity contribution in [2.45, 2.75) is 11.3 Å². The lowest BCUT2D eigenvalue weighted by atomic mass is 10.1. The minimum absolute atomic E-state index is 0.0675. The van der Waals surface area contributed by atoms with Gasteiger partial charge in [-0.05, 0) is 48.9 Å². The molecule has 0 saturated carbocycles. The first-order chi connectivity index (χ1) is 14.5. The van der Waals surface area contributed by atoms with E-state index in [9.17, 15) is 9.59 Å². The number of Topliss-reactive ketones (excluding diaryl/α,β-unsaturated/α-hetero) is 1. The highest BCUT2D eigenvalue weighted by molar-refractivity contribution is 9.10. The van der Waals surface area contributed by atoms with Crippen LogP contribution >= 0.6 is 39.0 Å². The number of hydrogen-bond donors (Lipinski definition) is 1. The second-order valence-electron chi connectivity index (χ2n) is 6.65. The van der Waals surface area contributed by atoms with Crippen molar-refractivity contribution in [3.8, 4) is 0 Å². The summed E-state index contributed by atoms with van der Waals surface area (Å²) in [5.41, 5.74) is 3.86. The highest BCUT2D eigenvalue weighted by Crippen LogP contribution is 2.32. The molecule has 0 radical (unpaired) electrons. The molecule has 1 heterocycles. The van der Waals surface area contributed by atoms with Crippen molar-refractivity contribution in [1.82, 2.24) is 4.98 Å². The van der Waals surface area contributed by atoms with Gasteiger partial charge in [0.05, 0.1) is 16.0 Å². The molecule has 0 saturated heterocycles. The van der Waals surface area contributed by atoms with E-state index >= 15 is 0 Å². The van der Waals surface area contributed by atoms with Crippen LogP contribution in [-0.4, -0.2) is 22.4 Å². The van der Waals surface area contributed by atoms with Crippen molar-refractivity contribution < 1.29 is 9.59 Å². The normalized spacial score (nSPS) is 10.9. The van der Waals surface area contributed by atoms with Gasteiger partial charge in [0.15, 0.2) is 10.1 Å². The van der Waals surface area contributed by atoms with E-state index in [1.165, 1.54) is 23.1 Å². The number of thioether (sulfide) groups is 1. The molecular formula is C23H17BrN2O2S2. The minimum atomic E-state index is -0.133. The van der Waals surface area contributed by atoms with Crippen molar-refractivity contribution in [2.75, 3.05) is 11.1 Å². The van der Waals surface area contributed by atoms with Crippen molar-refractivity contribution in [3.63, 3.8) is 0 Å². The van der Waals surface area contributed by atoms with Gasteiger partial charge in [0.2, 0.25) is 0 Å². The zero-order chi connectivity index (χ0) is 21.1. The molecule has 0 bridgehead atoms. The minimum Gasteiger partial charge on any atom is -0.322 e. The van der Waals surface area contributed by atoms with Crippen LogP contribution in [0, 0.1) is 6.92 Å². The molecule has 4 aromatic rings. The van der Waals surface area contributed by atoms with Crippen molar-refractivity contribution in [2.24, 2.45) is 0 Å². The molecule has 0 spiro atoms. The number of hydrogen-bond acceptors (Lipinski definition) is 5. The number of ketones is 1. The van der Waals surface area contributed by atoms with Crippen LogP contribution in [0.15, 0.2) is 75.5 Å². The number of fused-ring (bicyclic) bond motifs is 1. The molecule has 4 rings (SSSR count). The van der Waals surface area contributed by atoms with Gasteiger partial charge in [0.1, 0.15) is 0 Å². The smallest absolute Gasteiger partial charge is 0.255 e. The van der Waals surface area contributed by atoms with Gasteiger partial charge in [-0.25, -0.2) is 4.98 Å². The van der Waals surface area contributed by atoms with Gasteiger partial charge in [-0.1, -0.05) is 58.0 Å². The molecule has 30 heavy (non-hydrogen) atoms. The number of thiazole rings is 1. The van der Waals surface area contributed by atoms with E-state index in [1.807, 2.05) is 73.7 Å². The standard InChI is InChI=1S/C23H17BrN2O2S2/c1-14-4-2-3-5-18(14)22(28)25-17-10-11-19-21(12-17)30-23(26-19)29-13-20(27)15-6-8-16(24)9-7-15/h2-12H,13H2,1H3,(H,25,28). The molecule has 0 aliphatic carbocycles. The summed E-state index contributed by atoms with van der Waals surface area (Å²) in [6.45, 7) is 1.92. The largest absolute Gasteiger partial charge is 0.322 e. The van der Waals surface area contributed by atoms with E-state index in [0.717, 1.165) is 30.3 Å². The molecular weight excluding hydrogens is 480 g/mol. The molecule has 0 aliphatic heterocycles. The van der Waals surface area contributed by atoms with Crippen LogP contribution in [0.1, 0.15) is 26.3 Å². The number of carbonyl (C=O) groups excluding carboxylic acids is 2. The summed E-state index contributed by atoms with van der Waals surface area (Å²) < 4.78 is 2.75. The van der Waals surface area contributed by atoms with Crippen LogP contribution in [0.3, 0.4) is 0 Å². The van der Waals surface area contributed by atoms with Crippen LogP contribution < -0.4 is 5.32 Å². The summed E-state index contributed by atoms with van der Waals surface area (Å²) in [6, 6.07) is 20.5. The lowest BCUT2D eigenvalue weighted by Gasteiger charge is -2.07. The van der Waals surface area contributed by atoms with Crippen LogP contribution in [0.2, 0.25) is 0 Å². The molecule has 0 atom stereocenters. The fourth-order valence-corrected chi connectivity index (χ4v) is 5.18. The topological polar surface area (TPSA) is 59.1 Å². The van der Waals surface area contributed by atoms with E-state index < -0.39 is 0 Å². The Morgan fingerprint density at radius 2 is 1.83 bits per heavy atom. The Morgan fingerprint density at radius 1 is 1.07 bits per heavy atom. The Kier molecular flexibility index (Phi) is 6.32. The number of aryl methyl sites for hydroxylation is 1. The molecule has 150 valence electrons. The van der Waals surface area contributed by atoms with Crippen molar-refractivity contribution in [1.29, 1.82) is 0 Å². The first kappa shape index (κ1) is 20.8. The lowest BCUT2D eigenvalue weighted by molar-refractivity contribution is 0.101. The summed E-state index contributed by atoms with van der Waals surface area (Å²) in [5.74, 6) is 0.266. The number of carbonyl (C=O) groups is 2. The predicted molar refractivity (Wildman–Crippen MR) is 128 cm³/mol. The second-order valence-corrected chi connectivity index (χ2v) is 9.82. The number of anilines is 1. The SMILES string of the molecule is Cc1ccccc1C(=O)Nc1ccc2nc(SCC(=O)c3ccc(Br)cc3)sc2c1. The lowest BCUT2D eigenvalue weighted by Crippen LogP contribution is -2.13. The summed E-state index contributed by atoms with van der Waals surface area (Å²) >= 11 is 6.32. The number of rotatable bonds is 6. The molecule has 0 fully saturated rings. The molecule has 1 aromatic heterocycles. The molecule has 0 aliphatic rings. The first-order valence-corrected chi connectivity index (χ1v) is 11.8. The summed E-state index contributed by atoms with van der Waals surface area (Å²) in [4.78, 5) is 29.5. The van der Waals surface area contributed by atoms with Gasteiger partial charge >= 0.3 is 0 Å². The van der Waals surface area contributed by atoms with E-state index in [1.54, 1.807) is 0 Å². The van der Waals surface area contributed by atoms with E-state index in [0.29, 0.717) is 16.9 Å². The average Bonchev–Trinajstić information content (AvgIpc) is 3.15. The molecule has 3 aromatic carbocycles. The first-order valence-electron chi connectivity index (χ1n) is 9.19. The molecule has 1 N–H and O–H groups in total. The second kappa shape index (κ2) is 9.12. The molecule has 4 nitrogen and oxygen atoms in total. The van der Waals surface area contributed by atoms with Gasteiger partial charge in [-0.15, -0.1) is 11.3 Å². The van der Waals surface area contributed by atoms with Crippen molar-refractivity contribution >= 4 is 66.6 Å². The number of aromatic nitrogens is 1. The third-order valence-electron chi connectivity index (χ3n) is 4.51. The van der Waals surface area contributed by atoms with Crippen LogP contribution in [-0.2, 0) is 0 Å². The highest BCUT2D eigenvalue weighted by Gasteiger charge is 2.12. The summed E-state index contributed by atoms with van der Waals surface area (Å²) in [6.07, 6.45) is 0. The maximum absolute atomic E-state index is 12.5. The monoisotopic (exact) mass is 496 g/mol. The zero-order valence-corrected chi connectivity index (χ0v) is 19.2. The Morgan fingerprint density at radius 3 is 2.60 bits per heavy atom. The summed E-state index contributed by atoms with van der Waals surface area (Å²) in [7, 11) is 0. The number of nitrogens with one attached hydrogen (secondary N) is 1. The highest BCUT2D eigenvalue weighted by atomic mass is 79.9. The van der Waals surface area contributed by atoms with Gasteiger partial charge in [0, 0.05) is 21.3 Å². The Labute approximate surface area is 190 Å². The van der Waals surface area contributed by atoms with Crippen LogP contribution in [0.4, 0.5) is 5.69 Å². The fraction of sp³-hybridized carbons (Fsp3) is 0.0870. The van der Waals surface area contributed by atoms with Crippen LogP contribution in [0.5, 0.6) is 0 Å². The van der Waals surface area contributed by atoms with Gasteiger partial charge in [-0.3, -0.25) is 9.59 Å². The molecule has 1 amide bonds. The third kappa shape index (κ3) is 4.80. The quantitative estimate of drug-likeness (QED) is 0.241. The fourth-order valence-electron chi connectivity index (χ4n) is 2.92. The number of amides is 1. The Balaban J connectivity index is 1.44. The predicted octanol–water partition coefficient (Wildman–Crippen LogP) is 6.59. The van der Waals surface area contributed by atoms with E-state index in [-0.39, 0.29) is 11.7 Å². The summed E-state index contributed by atoms with van der Waals surface area (Å²) in [5, 5.41) is 2.95.